The third-order valence-electron chi connectivity index (χ3n) is 5.43. The van der Waals surface area contributed by atoms with Crippen molar-refractivity contribution in [3.8, 4) is 23.0 Å². The van der Waals surface area contributed by atoms with Crippen molar-refractivity contribution in [1.29, 1.82) is 0 Å². The molecule has 0 saturated heterocycles. The topological polar surface area (TPSA) is 89.1 Å². The Hall–Kier alpha value is -3.41. The third-order valence-corrected chi connectivity index (χ3v) is 5.43. The zero-order valence-corrected chi connectivity index (χ0v) is 19.1. The summed E-state index contributed by atoms with van der Waals surface area (Å²) in [5, 5.41) is 22.0. The van der Waals surface area contributed by atoms with E-state index in [-0.39, 0.29) is 44.6 Å². The first-order valence-electron chi connectivity index (χ1n) is 10.6. The lowest BCUT2D eigenvalue weighted by atomic mass is 9.97. The summed E-state index contributed by atoms with van der Waals surface area (Å²) in [7, 11) is 1.44. The first-order valence-corrected chi connectivity index (χ1v) is 10.6. The van der Waals surface area contributed by atoms with Crippen molar-refractivity contribution in [2.24, 2.45) is 0 Å². The highest BCUT2D eigenvalue weighted by Gasteiger charge is 2.24. The Morgan fingerprint density at radius 2 is 1.59 bits per heavy atom. The zero-order chi connectivity index (χ0) is 23.6. The number of rotatable bonds is 9. The highest BCUT2D eigenvalue weighted by Crippen LogP contribution is 2.41. The van der Waals surface area contributed by atoms with Crippen molar-refractivity contribution in [2.75, 3.05) is 13.7 Å². The van der Waals surface area contributed by atoms with Crippen LogP contribution >= 0.6 is 0 Å². The minimum atomic E-state index is -0.381. The van der Waals surface area contributed by atoms with Crippen molar-refractivity contribution < 1.29 is 24.1 Å². The molecule has 6 heteroatoms. The molecule has 32 heavy (non-hydrogen) atoms. The summed E-state index contributed by atoms with van der Waals surface area (Å²) in [5.74, 6) is 0.409. The zero-order valence-electron chi connectivity index (χ0n) is 19.1. The molecule has 2 aromatic carbocycles. The minimum absolute atomic E-state index is 0.0852. The first kappa shape index (κ1) is 23.3. The molecule has 0 unspecified atom stereocenters. The van der Waals surface area contributed by atoms with E-state index in [9.17, 15) is 15.0 Å². The summed E-state index contributed by atoms with van der Waals surface area (Å²) >= 11 is 0. The van der Waals surface area contributed by atoms with Crippen LogP contribution in [0.2, 0.25) is 0 Å². The lowest BCUT2D eigenvalue weighted by Gasteiger charge is -2.16. The van der Waals surface area contributed by atoms with Crippen LogP contribution in [0.1, 0.15) is 44.7 Å². The molecular formula is C26H30O6. The van der Waals surface area contributed by atoms with Gasteiger partial charge in [0.2, 0.25) is 5.43 Å². The molecule has 0 amide bonds. The van der Waals surface area contributed by atoms with Crippen LogP contribution in [-0.2, 0) is 12.8 Å². The van der Waals surface area contributed by atoms with E-state index in [0.717, 1.165) is 11.1 Å². The molecule has 0 bridgehead atoms. The largest absolute Gasteiger partial charge is 0.507 e. The van der Waals surface area contributed by atoms with Crippen LogP contribution in [0.4, 0.5) is 0 Å². The highest BCUT2D eigenvalue weighted by molar-refractivity contribution is 5.97. The molecule has 0 fully saturated rings. The van der Waals surface area contributed by atoms with Crippen LogP contribution in [-0.4, -0.2) is 23.9 Å². The van der Waals surface area contributed by atoms with Gasteiger partial charge in [-0.05, 0) is 46.5 Å². The van der Waals surface area contributed by atoms with Crippen LogP contribution < -0.4 is 14.9 Å². The number of aromatic hydroxyl groups is 2. The summed E-state index contributed by atoms with van der Waals surface area (Å²) in [6.07, 6.45) is 2.15. The van der Waals surface area contributed by atoms with Crippen molar-refractivity contribution in [3.05, 3.63) is 57.8 Å². The van der Waals surface area contributed by atoms with E-state index in [0.29, 0.717) is 49.2 Å². The van der Waals surface area contributed by atoms with Gasteiger partial charge in [-0.15, -0.1) is 13.2 Å². The second-order valence-corrected chi connectivity index (χ2v) is 8.13. The Labute approximate surface area is 187 Å². The van der Waals surface area contributed by atoms with Gasteiger partial charge in [0.15, 0.2) is 11.5 Å². The fourth-order valence-electron chi connectivity index (χ4n) is 3.88. The molecule has 0 saturated carbocycles. The summed E-state index contributed by atoms with van der Waals surface area (Å²) in [6.45, 7) is 13.9. The van der Waals surface area contributed by atoms with Gasteiger partial charge in [-0.1, -0.05) is 11.1 Å². The number of hydrogen-bond acceptors (Lipinski definition) is 6. The first-order chi connectivity index (χ1) is 15.2. The van der Waals surface area contributed by atoms with Crippen molar-refractivity contribution in [1.82, 2.24) is 0 Å². The molecule has 0 atom stereocenters. The molecule has 6 nitrogen and oxygen atoms in total. The van der Waals surface area contributed by atoms with Crippen LogP contribution in [0.25, 0.3) is 21.9 Å². The number of benzene rings is 2. The number of methoxy groups -OCH3 is 1. The van der Waals surface area contributed by atoms with E-state index in [1.807, 2.05) is 20.8 Å². The van der Waals surface area contributed by atoms with Gasteiger partial charge in [0.25, 0.3) is 0 Å². The number of ether oxygens (including phenoxy) is 2. The van der Waals surface area contributed by atoms with Gasteiger partial charge in [0.1, 0.15) is 28.1 Å². The molecule has 0 aliphatic rings. The molecule has 170 valence electrons. The Kier molecular flexibility index (Phi) is 6.82. The second kappa shape index (κ2) is 9.39. The van der Waals surface area contributed by atoms with E-state index in [4.69, 9.17) is 13.9 Å². The number of allylic oxidation sites excluding steroid dienone is 2. The quantitative estimate of drug-likeness (QED) is 0.325. The van der Waals surface area contributed by atoms with Crippen molar-refractivity contribution in [3.63, 3.8) is 0 Å². The molecule has 3 aromatic rings. The number of fused-ring (bicyclic) bond motifs is 2. The molecule has 1 heterocycles. The third kappa shape index (κ3) is 4.31. The molecule has 0 spiro atoms. The van der Waals surface area contributed by atoms with Gasteiger partial charge < -0.3 is 24.1 Å². The average Bonchev–Trinajstić information content (AvgIpc) is 2.71. The SMILES string of the molecule is C=C(C)CCc1c(OCC)cc2oc3cc(O)c(OC)c(CCC(=C)C)c3c(=O)c2c1O. The van der Waals surface area contributed by atoms with Gasteiger partial charge in [-0.25, -0.2) is 0 Å². The van der Waals surface area contributed by atoms with Gasteiger partial charge in [0.05, 0.1) is 19.1 Å². The number of aryl methyl sites for hydroxylation is 1. The normalized spacial score (nSPS) is 11.1. The van der Waals surface area contributed by atoms with E-state index < -0.39 is 0 Å². The predicted octanol–water partition coefficient (Wildman–Crippen LogP) is 5.78. The average molecular weight is 439 g/mol. The predicted molar refractivity (Wildman–Crippen MR) is 127 cm³/mol. The van der Waals surface area contributed by atoms with Crippen LogP contribution in [0.3, 0.4) is 0 Å². The fraction of sp³-hybridized carbons (Fsp3) is 0.346. The molecule has 2 N–H and O–H groups in total. The van der Waals surface area contributed by atoms with Crippen molar-refractivity contribution >= 4 is 21.9 Å². The number of hydrogen-bond donors (Lipinski definition) is 2. The fourth-order valence-corrected chi connectivity index (χ4v) is 3.88. The lowest BCUT2D eigenvalue weighted by molar-refractivity contribution is 0.333. The van der Waals surface area contributed by atoms with Gasteiger partial charge in [-0.2, -0.15) is 0 Å². The smallest absolute Gasteiger partial charge is 0.204 e. The molecular weight excluding hydrogens is 408 g/mol. The van der Waals surface area contributed by atoms with Gasteiger partial charge >= 0.3 is 0 Å². The maximum Gasteiger partial charge on any atom is 0.204 e. The van der Waals surface area contributed by atoms with E-state index in [1.54, 1.807) is 6.07 Å². The molecule has 0 radical (unpaired) electrons. The summed E-state index contributed by atoms with van der Waals surface area (Å²) in [4.78, 5) is 13.7. The Balaban J connectivity index is 2.40. The van der Waals surface area contributed by atoms with Gasteiger partial charge in [-0.3, -0.25) is 4.79 Å². The molecule has 3 rings (SSSR count). The summed E-state index contributed by atoms with van der Waals surface area (Å²) < 4.78 is 17.1. The number of phenols is 2. The molecule has 0 aliphatic carbocycles. The van der Waals surface area contributed by atoms with Gasteiger partial charge in [0, 0.05) is 23.3 Å². The number of phenolic OH excluding ortho intramolecular Hbond substituents is 2. The van der Waals surface area contributed by atoms with E-state index in [1.165, 1.54) is 13.2 Å². The second-order valence-electron chi connectivity index (χ2n) is 8.13. The lowest BCUT2D eigenvalue weighted by Crippen LogP contribution is -2.09. The van der Waals surface area contributed by atoms with Crippen LogP contribution in [0.5, 0.6) is 23.0 Å². The molecule has 0 aliphatic heterocycles. The Bertz CT molecular complexity index is 1270. The van der Waals surface area contributed by atoms with E-state index in [2.05, 4.69) is 13.2 Å². The monoisotopic (exact) mass is 438 g/mol. The van der Waals surface area contributed by atoms with Crippen LogP contribution in [0.15, 0.2) is 45.6 Å². The van der Waals surface area contributed by atoms with E-state index >= 15 is 0 Å². The highest BCUT2D eigenvalue weighted by atomic mass is 16.5. The standard InChI is InChI=1S/C26H30O6/c1-7-31-19-13-21-23(24(28)16(19)10-8-14(2)3)25(29)22-17(11-9-15(4)5)26(30-6)18(27)12-20(22)32-21/h12-13,27-28H,2,4,7-11H2,1,3,5-6H3. The maximum atomic E-state index is 13.7. The maximum absolute atomic E-state index is 13.7. The minimum Gasteiger partial charge on any atom is -0.507 e. The Morgan fingerprint density at radius 3 is 2.16 bits per heavy atom. The Morgan fingerprint density at radius 1 is 1.00 bits per heavy atom. The van der Waals surface area contributed by atoms with Crippen molar-refractivity contribution in [2.45, 2.75) is 46.5 Å². The molecule has 1 aromatic heterocycles. The summed E-state index contributed by atoms with van der Waals surface area (Å²) in [5.41, 5.74) is 2.99. The van der Waals surface area contributed by atoms with Crippen LogP contribution in [0, 0.1) is 0 Å². The summed E-state index contributed by atoms with van der Waals surface area (Å²) in [6, 6.07) is 2.99.